The molecule has 1 aliphatic rings. The van der Waals surface area contributed by atoms with Gasteiger partial charge in [-0.2, -0.15) is 0 Å². The summed E-state index contributed by atoms with van der Waals surface area (Å²) in [6.45, 7) is 6.06. The highest BCUT2D eigenvalue weighted by Gasteiger charge is 2.38. The van der Waals surface area contributed by atoms with E-state index in [1.165, 1.54) is 0 Å². The van der Waals surface area contributed by atoms with Gasteiger partial charge in [-0.3, -0.25) is 9.78 Å². The summed E-state index contributed by atoms with van der Waals surface area (Å²) >= 11 is 0. The van der Waals surface area contributed by atoms with Crippen LogP contribution in [-0.2, 0) is 4.79 Å². The third-order valence-electron chi connectivity index (χ3n) is 4.30. The highest BCUT2D eigenvalue weighted by Crippen LogP contribution is 2.35. The molecule has 1 atom stereocenters. The lowest BCUT2D eigenvalue weighted by Crippen LogP contribution is -2.48. The molecule has 0 bridgehead atoms. The first-order valence-corrected chi connectivity index (χ1v) is 7.59. The Balaban J connectivity index is 2.05. The lowest BCUT2D eigenvalue weighted by Gasteiger charge is -2.37. The van der Waals surface area contributed by atoms with Crippen molar-refractivity contribution < 1.29 is 4.79 Å². The van der Waals surface area contributed by atoms with E-state index in [2.05, 4.69) is 22.5 Å². The summed E-state index contributed by atoms with van der Waals surface area (Å²) < 4.78 is 0. The lowest BCUT2D eigenvalue weighted by molar-refractivity contribution is -0.133. The molecule has 0 aromatic carbocycles. The first-order valence-electron chi connectivity index (χ1n) is 7.59. The summed E-state index contributed by atoms with van der Waals surface area (Å²) in [6, 6.07) is 3.93. The van der Waals surface area contributed by atoms with Gasteiger partial charge in [-0.15, -0.1) is 0 Å². The van der Waals surface area contributed by atoms with E-state index in [0.717, 1.165) is 44.3 Å². The van der Waals surface area contributed by atoms with Crippen LogP contribution in [-0.4, -0.2) is 24.0 Å². The molecule has 110 valence electrons. The van der Waals surface area contributed by atoms with Gasteiger partial charge in [0.25, 0.3) is 0 Å². The number of rotatable bonds is 5. The molecule has 1 aromatic rings. The molecule has 1 aromatic heterocycles. The van der Waals surface area contributed by atoms with Crippen molar-refractivity contribution in [2.75, 3.05) is 13.1 Å². The van der Waals surface area contributed by atoms with Crippen LogP contribution in [0, 0.1) is 5.41 Å². The Hall–Kier alpha value is -1.42. The molecule has 0 radical (unpaired) electrons. The zero-order valence-corrected chi connectivity index (χ0v) is 12.5. The third-order valence-corrected chi connectivity index (χ3v) is 4.30. The molecular formula is C16H25N3O. The van der Waals surface area contributed by atoms with Crippen LogP contribution in [0.4, 0.5) is 0 Å². The quantitative estimate of drug-likeness (QED) is 0.867. The van der Waals surface area contributed by atoms with E-state index in [1.54, 1.807) is 6.20 Å². The average molecular weight is 275 g/mol. The number of carbonyl (C=O) groups excluding carboxylic acids is 1. The van der Waals surface area contributed by atoms with Crippen molar-refractivity contribution in [3.05, 3.63) is 30.1 Å². The van der Waals surface area contributed by atoms with Gasteiger partial charge in [-0.25, -0.2) is 0 Å². The maximum atomic E-state index is 12.7. The molecule has 0 aliphatic carbocycles. The van der Waals surface area contributed by atoms with Gasteiger partial charge in [0, 0.05) is 12.4 Å². The number of amides is 1. The van der Waals surface area contributed by atoms with Crippen LogP contribution in [0.25, 0.3) is 0 Å². The smallest absolute Gasteiger partial charge is 0.226 e. The second-order valence-corrected chi connectivity index (χ2v) is 5.76. The summed E-state index contributed by atoms with van der Waals surface area (Å²) in [5.41, 5.74) is 0.873. The van der Waals surface area contributed by atoms with E-state index in [0.29, 0.717) is 0 Å². The van der Waals surface area contributed by atoms with Crippen molar-refractivity contribution in [2.24, 2.45) is 5.41 Å². The van der Waals surface area contributed by atoms with E-state index >= 15 is 0 Å². The van der Waals surface area contributed by atoms with Crippen LogP contribution < -0.4 is 10.6 Å². The van der Waals surface area contributed by atoms with Gasteiger partial charge < -0.3 is 10.6 Å². The van der Waals surface area contributed by atoms with Crippen LogP contribution in [0.3, 0.4) is 0 Å². The van der Waals surface area contributed by atoms with E-state index in [4.69, 9.17) is 0 Å². The van der Waals surface area contributed by atoms with Crippen LogP contribution in [0.15, 0.2) is 24.5 Å². The average Bonchev–Trinajstić information content (AvgIpc) is 2.49. The predicted molar refractivity (Wildman–Crippen MR) is 80.2 cm³/mol. The van der Waals surface area contributed by atoms with E-state index in [-0.39, 0.29) is 17.4 Å². The largest absolute Gasteiger partial charge is 0.349 e. The maximum Gasteiger partial charge on any atom is 0.226 e. The second kappa shape index (κ2) is 6.84. The zero-order chi connectivity index (χ0) is 14.4. The van der Waals surface area contributed by atoms with Gasteiger partial charge in [0.2, 0.25) is 5.91 Å². The number of piperidine rings is 1. The van der Waals surface area contributed by atoms with E-state index in [1.807, 2.05) is 25.3 Å². The molecular weight excluding hydrogens is 250 g/mol. The number of hydrogen-bond acceptors (Lipinski definition) is 3. The zero-order valence-electron chi connectivity index (χ0n) is 12.5. The molecule has 2 heterocycles. The first kappa shape index (κ1) is 15.0. The SMILES string of the molecule is CCCC1(C(=O)N[C@@H](C)c2cccnc2)CCNCC1. The number of pyridine rings is 1. The van der Waals surface area contributed by atoms with Crippen molar-refractivity contribution in [1.29, 1.82) is 0 Å². The molecule has 20 heavy (non-hydrogen) atoms. The van der Waals surface area contributed by atoms with Crippen molar-refractivity contribution in [1.82, 2.24) is 15.6 Å². The Morgan fingerprint density at radius 3 is 2.85 bits per heavy atom. The van der Waals surface area contributed by atoms with E-state index in [9.17, 15) is 4.79 Å². The maximum absolute atomic E-state index is 12.7. The van der Waals surface area contributed by atoms with Crippen LogP contribution >= 0.6 is 0 Å². The number of aromatic nitrogens is 1. The van der Waals surface area contributed by atoms with Gasteiger partial charge >= 0.3 is 0 Å². The Bertz CT molecular complexity index is 421. The third kappa shape index (κ3) is 3.37. The molecule has 4 heteroatoms. The fourth-order valence-corrected chi connectivity index (χ4v) is 3.04. The van der Waals surface area contributed by atoms with Crippen LogP contribution in [0.2, 0.25) is 0 Å². The molecule has 0 unspecified atom stereocenters. The summed E-state index contributed by atoms with van der Waals surface area (Å²) in [7, 11) is 0. The molecule has 1 amide bonds. The number of hydrogen-bond donors (Lipinski definition) is 2. The normalized spacial score (nSPS) is 19.3. The summed E-state index contributed by atoms with van der Waals surface area (Å²) in [5, 5.41) is 6.53. The van der Waals surface area contributed by atoms with Crippen molar-refractivity contribution in [3.63, 3.8) is 0 Å². The minimum absolute atomic E-state index is 0.0137. The minimum atomic E-state index is -0.184. The molecule has 2 rings (SSSR count). The lowest BCUT2D eigenvalue weighted by atomic mass is 9.74. The van der Waals surface area contributed by atoms with Gasteiger partial charge in [-0.05, 0) is 50.9 Å². The molecule has 2 N–H and O–H groups in total. The van der Waals surface area contributed by atoms with Gasteiger partial charge in [-0.1, -0.05) is 19.4 Å². The van der Waals surface area contributed by atoms with Gasteiger partial charge in [0.1, 0.15) is 0 Å². The molecule has 0 saturated carbocycles. The number of carbonyl (C=O) groups is 1. The summed E-state index contributed by atoms with van der Waals surface area (Å²) in [5.74, 6) is 0.206. The Morgan fingerprint density at radius 1 is 1.50 bits per heavy atom. The highest BCUT2D eigenvalue weighted by atomic mass is 16.2. The molecule has 1 aliphatic heterocycles. The minimum Gasteiger partial charge on any atom is -0.349 e. The fourth-order valence-electron chi connectivity index (χ4n) is 3.04. The Kier molecular flexibility index (Phi) is 5.12. The monoisotopic (exact) mass is 275 g/mol. The predicted octanol–water partition coefficient (Wildman–Crippen LogP) is 2.43. The first-order chi connectivity index (χ1) is 9.68. The summed E-state index contributed by atoms with van der Waals surface area (Å²) in [6.07, 6.45) is 7.47. The highest BCUT2D eigenvalue weighted by molar-refractivity contribution is 5.83. The second-order valence-electron chi connectivity index (χ2n) is 5.76. The van der Waals surface area contributed by atoms with Crippen molar-refractivity contribution in [2.45, 2.75) is 45.6 Å². The van der Waals surface area contributed by atoms with Crippen LogP contribution in [0.1, 0.15) is 51.1 Å². The fraction of sp³-hybridized carbons (Fsp3) is 0.625. The van der Waals surface area contributed by atoms with Gasteiger partial charge in [0.05, 0.1) is 11.5 Å². The van der Waals surface area contributed by atoms with Crippen molar-refractivity contribution in [3.8, 4) is 0 Å². The Labute approximate surface area is 121 Å². The summed E-state index contributed by atoms with van der Waals surface area (Å²) in [4.78, 5) is 16.9. The molecule has 1 fully saturated rings. The van der Waals surface area contributed by atoms with Gasteiger partial charge in [0.15, 0.2) is 0 Å². The number of nitrogens with zero attached hydrogens (tertiary/aromatic N) is 1. The Morgan fingerprint density at radius 2 is 2.25 bits per heavy atom. The number of nitrogens with one attached hydrogen (secondary N) is 2. The van der Waals surface area contributed by atoms with Crippen LogP contribution in [0.5, 0.6) is 0 Å². The molecule has 0 spiro atoms. The van der Waals surface area contributed by atoms with E-state index < -0.39 is 0 Å². The topological polar surface area (TPSA) is 54.0 Å². The van der Waals surface area contributed by atoms with Crippen molar-refractivity contribution >= 4 is 5.91 Å². The molecule has 1 saturated heterocycles. The standard InChI is InChI=1S/C16H25N3O/c1-3-6-16(7-10-17-11-8-16)15(20)19-13(2)14-5-4-9-18-12-14/h4-5,9,12-13,17H,3,6-8,10-11H2,1-2H3,(H,19,20)/t13-/m0/s1. The molecule has 4 nitrogen and oxygen atoms in total.